The molecule has 19 heavy (non-hydrogen) atoms. The van der Waals surface area contributed by atoms with Crippen LogP contribution in [0.15, 0.2) is 30.3 Å². The molecule has 1 saturated heterocycles. The molecule has 0 radical (unpaired) electrons. The summed E-state index contributed by atoms with van der Waals surface area (Å²) >= 11 is 0. The molecule has 7 heteroatoms. The Bertz CT molecular complexity index is 409. The van der Waals surface area contributed by atoms with Crippen LogP contribution in [0.4, 0.5) is 0 Å². The van der Waals surface area contributed by atoms with Gasteiger partial charge in [0.15, 0.2) is 12.2 Å². The van der Waals surface area contributed by atoms with Crippen LogP contribution in [-0.2, 0) is 14.3 Å². The van der Waals surface area contributed by atoms with Crippen molar-refractivity contribution in [2.45, 2.75) is 18.3 Å². The van der Waals surface area contributed by atoms with Gasteiger partial charge >= 0.3 is 11.9 Å². The van der Waals surface area contributed by atoms with Crippen LogP contribution in [0, 0.1) is 0 Å². The first kappa shape index (κ1) is 15.1. The number of hydrogen-bond acceptors (Lipinski definition) is 5. The third-order valence-corrected chi connectivity index (χ3v) is 2.31. The maximum Gasteiger partial charge on any atom is 0.335 e. The summed E-state index contributed by atoms with van der Waals surface area (Å²) in [6.07, 6.45) is -4.12. The Morgan fingerprint density at radius 1 is 1.05 bits per heavy atom. The van der Waals surface area contributed by atoms with Crippen molar-refractivity contribution in [3.8, 4) is 0 Å². The minimum atomic E-state index is -2.27. The van der Waals surface area contributed by atoms with Crippen LogP contribution >= 0.6 is 0 Å². The van der Waals surface area contributed by atoms with Gasteiger partial charge in [0, 0.05) is 0 Å². The van der Waals surface area contributed by atoms with Crippen LogP contribution in [0.3, 0.4) is 0 Å². The van der Waals surface area contributed by atoms with Crippen molar-refractivity contribution in [1.29, 1.82) is 0 Å². The molecule has 0 amide bonds. The van der Waals surface area contributed by atoms with E-state index in [4.69, 9.17) is 25.2 Å². The molecule has 1 aromatic carbocycles. The lowest BCUT2D eigenvalue weighted by Gasteiger charge is -2.07. The summed E-state index contributed by atoms with van der Waals surface area (Å²) < 4.78 is 5.09. The summed E-state index contributed by atoms with van der Waals surface area (Å²) in [5.41, 5.74) is 1.30. The van der Waals surface area contributed by atoms with Gasteiger partial charge in [0.25, 0.3) is 0 Å². The fourth-order valence-corrected chi connectivity index (χ4v) is 1.18. The number of aliphatic hydroxyl groups is 2. The van der Waals surface area contributed by atoms with Gasteiger partial charge < -0.3 is 25.2 Å². The summed E-state index contributed by atoms with van der Waals surface area (Å²) in [5.74, 6) is -3.54. The summed E-state index contributed by atoms with van der Waals surface area (Å²) in [6, 6.07) is 10.3. The van der Waals surface area contributed by atoms with E-state index in [1.54, 1.807) is 0 Å². The van der Waals surface area contributed by atoms with Gasteiger partial charge in [-0.25, -0.2) is 9.59 Å². The van der Waals surface area contributed by atoms with Crippen LogP contribution in [0.5, 0.6) is 0 Å². The standard InChI is InChI=1S/C8H8O.C4H6O6/c1-2-4-7(5-3-1)8-6-9-8;5-1(3(7)8)2(6)4(9)10/h1-5,8H,6H2;1-2,5-6H,(H,7,8)(H,9,10). The van der Waals surface area contributed by atoms with Crippen LogP contribution in [-0.4, -0.2) is 51.2 Å². The topological polar surface area (TPSA) is 128 Å². The van der Waals surface area contributed by atoms with Crippen LogP contribution in [0.2, 0.25) is 0 Å². The molecule has 7 nitrogen and oxygen atoms in total. The third kappa shape index (κ3) is 5.04. The van der Waals surface area contributed by atoms with E-state index in [0.717, 1.165) is 6.61 Å². The molecule has 1 aliphatic rings. The molecule has 3 atom stereocenters. The number of carboxylic acid groups (broad SMARTS) is 2. The predicted octanol–water partition coefficient (Wildman–Crippen LogP) is -0.365. The molecule has 1 aromatic rings. The lowest BCUT2D eigenvalue weighted by atomic mass is 10.2. The normalized spacial score (nSPS) is 19.6. The summed E-state index contributed by atoms with van der Waals surface area (Å²) in [7, 11) is 0. The zero-order valence-electron chi connectivity index (χ0n) is 9.84. The molecule has 2 rings (SSSR count). The van der Waals surface area contributed by atoms with E-state index in [2.05, 4.69) is 12.1 Å². The fourth-order valence-electron chi connectivity index (χ4n) is 1.18. The van der Waals surface area contributed by atoms with E-state index >= 15 is 0 Å². The molecule has 1 fully saturated rings. The average molecular weight is 270 g/mol. The maximum absolute atomic E-state index is 9.77. The zero-order chi connectivity index (χ0) is 14.4. The number of hydrogen-bond donors (Lipinski definition) is 4. The first-order chi connectivity index (χ1) is 8.93. The van der Waals surface area contributed by atoms with Gasteiger partial charge in [-0.05, 0) is 5.56 Å². The number of carbonyl (C=O) groups is 2. The highest BCUT2D eigenvalue weighted by atomic mass is 16.6. The molecule has 0 bridgehead atoms. The molecule has 104 valence electrons. The Hall–Kier alpha value is -1.96. The lowest BCUT2D eigenvalue weighted by molar-refractivity contribution is -0.165. The number of ether oxygens (including phenoxy) is 1. The molecular weight excluding hydrogens is 256 g/mol. The first-order valence-electron chi connectivity index (χ1n) is 5.41. The second-order valence-corrected chi connectivity index (χ2v) is 3.80. The number of epoxide rings is 1. The van der Waals surface area contributed by atoms with E-state index in [-0.39, 0.29) is 0 Å². The zero-order valence-corrected chi connectivity index (χ0v) is 9.84. The molecule has 0 spiro atoms. The predicted molar refractivity (Wildman–Crippen MR) is 62.4 cm³/mol. The highest BCUT2D eigenvalue weighted by molar-refractivity contribution is 5.83. The minimum Gasteiger partial charge on any atom is -0.479 e. The van der Waals surface area contributed by atoms with Crippen LogP contribution in [0.1, 0.15) is 11.7 Å². The van der Waals surface area contributed by atoms with Gasteiger partial charge in [0.05, 0.1) is 6.61 Å². The van der Waals surface area contributed by atoms with Crippen molar-refractivity contribution >= 4 is 11.9 Å². The van der Waals surface area contributed by atoms with Crippen molar-refractivity contribution in [3.05, 3.63) is 35.9 Å². The maximum atomic E-state index is 9.77. The molecule has 1 heterocycles. The smallest absolute Gasteiger partial charge is 0.335 e. The number of benzene rings is 1. The van der Waals surface area contributed by atoms with Gasteiger partial charge in [0.2, 0.25) is 0 Å². The van der Waals surface area contributed by atoms with Crippen molar-refractivity contribution in [2.75, 3.05) is 6.61 Å². The molecular formula is C12H14O7. The van der Waals surface area contributed by atoms with Gasteiger partial charge in [0.1, 0.15) is 6.10 Å². The molecule has 0 saturated carbocycles. The number of aliphatic carboxylic acids is 2. The monoisotopic (exact) mass is 270 g/mol. The molecule has 0 aromatic heterocycles. The van der Waals surface area contributed by atoms with E-state index in [1.807, 2.05) is 18.2 Å². The second kappa shape index (κ2) is 6.83. The largest absolute Gasteiger partial charge is 0.479 e. The van der Waals surface area contributed by atoms with Gasteiger partial charge in [-0.1, -0.05) is 30.3 Å². The Morgan fingerprint density at radius 2 is 1.47 bits per heavy atom. The van der Waals surface area contributed by atoms with Gasteiger partial charge in [-0.3, -0.25) is 0 Å². The summed E-state index contributed by atoms with van der Waals surface area (Å²) in [4.78, 5) is 19.5. The summed E-state index contributed by atoms with van der Waals surface area (Å²) in [5, 5.41) is 32.5. The SMILES string of the molecule is O=C(O)C(O)C(O)C(=O)O.c1ccc(C2CO2)cc1. The Kier molecular flexibility index (Phi) is 5.43. The van der Waals surface area contributed by atoms with E-state index in [0.29, 0.717) is 6.10 Å². The van der Waals surface area contributed by atoms with Crippen LogP contribution < -0.4 is 0 Å². The van der Waals surface area contributed by atoms with E-state index in [1.165, 1.54) is 5.56 Å². The Balaban J connectivity index is 0.000000190. The summed E-state index contributed by atoms with van der Waals surface area (Å²) in [6.45, 7) is 0.907. The molecule has 1 aliphatic heterocycles. The van der Waals surface area contributed by atoms with Crippen LogP contribution in [0.25, 0.3) is 0 Å². The molecule has 3 unspecified atom stereocenters. The number of carboxylic acids is 2. The average Bonchev–Trinajstić information content (AvgIpc) is 3.23. The van der Waals surface area contributed by atoms with Crippen molar-refractivity contribution in [2.24, 2.45) is 0 Å². The molecule has 4 N–H and O–H groups in total. The molecule has 0 aliphatic carbocycles. The van der Waals surface area contributed by atoms with Crippen molar-refractivity contribution < 1.29 is 34.8 Å². The first-order valence-corrected chi connectivity index (χ1v) is 5.41. The lowest BCUT2D eigenvalue weighted by Crippen LogP contribution is -2.39. The highest BCUT2D eigenvalue weighted by Gasteiger charge is 2.29. The third-order valence-electron chi connectivity index (χ3n) is 2.31. The minimum absolute atomic E-state index is 0.409. The Labute approximate surface area is 108 Å². The number of rotatable bonds is 4. The fraction of sp³-hybridized carbons (Fsp3) is 0.333. The Morgan fingerprint density at radius 3 is 1.79 bits per heavy atom. The second-order valence-electron chi connectivity index (χ2n) is 3.80. The van der Waals surface area contributed by atoms with Gasteiger partial charge in [-0.2, -0.15) is 0 Å². The van der Waals surface area contributed by atoms with E-state index < -0.39 is 24.1 Å². The van der Waals surface area contributed by atoms with E-state index in [9.17, 15) is 9.59 Å². The van der Waals surface area contributed by atoms with Gasteiger partial charge in [-0.15, -0.1) is 0 Å². The van der Waals surface area contributed by atoms with Crippen molar-refractivity contribution in [1.82, 2.24) is 0 Å². The van der Waals surface area contributed by atoms with Crippen molar-refractivity contribution in [3.63, 3.8) is 0 Å². The highest BCUT2D eigenvalue weighted by Crippen LogP contribution is 2.28. The number of aliphatic hydroxyl groups excluding tert-OH is 2. The quantitative estimate of drug-likeness (QED) is 0.550.